The quantitative estimate of drug-likeness (QED) is 0.491. The van der Waals surface area contributed by atoms with Gasteiger partial charge in [0.05, 0.1) is 13.2 Å². The van der Waals surface area contributed by atoms with Crippen LogP contribution in [0.25, 0.3) is 0 Å². The first-order valence-corrected chi connectivity index (χ1v) is 7.25. The zero-order valence-electron chi connectivity index (χ0n) is 12.4. The van der Waals surface area contributed by atoms with E-state index in [1.807, 2.05) is 6.92 Å². The normalized spacial score (nSPS) is 11.7. The number of hydrogen-bond donors (Lipinski definition) is 1. The van der Waals surface area contributed by atoms with Gasteiger partial charge in [-0.15, -0.1) is 0 Å². The molecule has 0 aromatic carbocycles. The Morgan fingerprint density at radius 1 is 1.00 bits per heavy atom. The predicted molar refractivity (Wildman–Crippen MR) is 74.0 cm³/mol. The summed E-state index contributed by atoms with van der Waals surface area (Å²) in [5.74, 6) is -0.369. The van der Waals surface area contributed by atoms with Crippen LogP contribution < -0.4 is 5.32 Å². The van der Waals surface area contributed by atoms with E-state index in [2.05, 4.69) is 12.2 Å². The number of amides is 1. The highest BCUT2D eigenvalue weighted by atomic mass is 16.6. The Bertz CT molecular complexity index is 256. The Labute approximate surface area is 116 Å². The molecule has 0 aliphatic carbocycles. The summed E-state index contributed by atoms with van der Waals surface area (Å²) in [6.07, 6.45) is 5.03. The van der Waals surface area contributed by atoms with Crippen LogP contribution in [0.1, 0.15) is 59.3 Å². The summed E-state index contributed by atoms with van der Waals surface area (Å²) < 4.78 is 9.88. The maximum Gasteiger partial charge on any atom is 0.407 e. The fourth-order valence-electron chi connectivity index (χ4n) is 1.64. The summed E-state index contributed by atoms with van der Waals surface area (Å²) in [4.78, 5) is 23.2. The van der Waals surface area contributed by atoms with E-state index in [1.54, 1.807) is 6.92 Å². The van der Waals surface area contributed by atoms with Crippen molar-refractivity contribution in [1.29, 1.82) is 0 Å². The Hall–Kier alpha value is -1.26. The molecule has 0 aliphatic heterocycles. The second kappa shape index (κ2) is 11.8. The monoisotopic (exact) mass is 273 g/mol. The molecule has 0 fully saturated rings. The molecular formula is C14H27NO4. The molecule has 0 rings (SSSR count). The molecule has 1 unspecified atom stereocenters. The fourth-order valence-corrected chi connectivity index (χ4v) is 1.64. The molecule has 5 nitrogen and oxygen atoms in total. The van der Waals surface area contributed by atoms with E-state index in [4.69, 9.17) is 9.47 Å². The average molecular weight is 273 g/mol. The molecule has 0 aliphatic rings. The third-order valence-corrected chi connectivity index (χ3v) is 2.65. The van der Waals surface area contributed by atoms with Crippen molar-refractivity contribution in [3.8, 4) is 0 Å². The molecule has 1 atom stereocenters. The van der Waals surface area contributed by atoms with E-state index < -0.39 is 12.1 Å². The molecule has 1 N–H and O–H groups in total. The highest BCUT2D eigenvalue weighted by Crippen LogP contribution is 2.07. The van der Waals surface area contributed by atoms with Crippen molar-refractivity contribution < 1.29 is 19.1 Å². The average Bonchev–Trinajstić information content (AvgIpc) is 2.39. The van der Waals surface area contributed by atoms with E-state index in [9.17, 15) is 9.59 Å². The summed E-state index contributed by atoms with van der Waals surface area (Å²) >= 11 is 0. The number of nitrogens with one attached hydrogen (secondary N) is 1. The summed E-state index contributed by atoms with van der Waals surface area (Å²) in [6.45, 7) is 6.46. The van der Waals surface area contributed by atoms with Crippen LogP contribution in [-0.4, -0.2) is 31.3 Å². The lowest BCUT2D eigenvalue weighted by Crippen LogP contribution is -2.42. The van der Waals surface area contributed by atoms with Gasteiger partial charge in [-0.3, -0.25) is 0 Å². The third-order valence-electron chi connectivity index (χ3n) is 2.65. The number of esters is 1. The van der Waals surface area contributed by atoms with Crippen LogP contribution >= 0.6 is 0 Å². The summed E-state index contributed by atoms with van der Waals surface area (Å²) in [7, 11) is 0. The van der Waals surface area contributed by atoms with Crippen molar-refractivity contribution in [3.63, 3.8) is 0 Å². The van der Waals surface area contributed by atoms with Gasteiger partial charge in [0, 0.05) is 0 Å². The zero-order valence-corrected chi connectivity index (χ0v) is 12.4. The van der Waals surface area contributed by atoms with Gasteiger partial charge < -0.3 is 14.8 Å². The lowest BCUT2D eigenvalue weighted by Gasteiger charge is -2.17. The minimum absolute atomic E-state index is 0.290. The van der Waals surface area contributed by atoms with Crippen LogP contribution in [0.4, 0.5) is 4.79 Å². The second-order valence-corrected chi connectivity index (χ2v) is 4.43. The van der Waals surface area contributed by atoms with Crippen molar-refractivity contribution in [1.82, 2.24) is 5.32 Å². The molecule has 0 saturated heterocycles. The zero-order chi connectivity index (χ0) is 14.5. The highest BCUT2D eigenvalue weighted by Gasteiger charge is 2.22. The Kier molecular flexibility index (Phi) is 11.0. The van der Waals surface area contributed by atoms with Crippen LogP contribution in [-0.2, 0) is 14.3 Å². The van der Waals surface area contributed by atoms with E-state index in [-0.39, 0.29) is 5.97 Å². The molecule has 0 saturated carbocycles. The van der Waals surface area contributed by atoms with Crippen LogP contribution in [0.2, 0.25) is 0 Å². The topological polar surface area (TPSA) is 64.6 Å². The fraction of sp³-hybridized carbons (Fsp3) is 0.857. The van der Waals surface area contributed by atoms with Gasteiger partial charge in [-0.2, -0.15) is 0 Å². The smallest absolute Gasteiger partial charge is 0.407 e. The minimum atomic E-state index is -0.595. The molecule has 0 spiro atoms. The number of alkyl carbamates (subject to hydrolysis) is 1. The maximum atomic E-state index is 11.8. The van der Waals surface area contributed by atoms with Crippen LogP contribution in [0.5, 0.6) is 0 Å². The molecular weight excluding hydrogens is 246 g/mol. The number of carbonyl (C=O) groups excluding carboxylic acids is 2. The maximum absolute atomic E-state index is 11.8. The molecule has 112 valence electrons. The standard InChI is InChI=1S/C14H27NO4/c1-4-7-8-9-10-12(13(16)19-11-5-2)15-14(17)18-6-3/h12H,4-11H2,1-3H3,(H,15,17). The number of rotatable bonds is 10. The number of ether oxygens (including phenoxy) is 2. The summed E-state index contributed by atoms with van der Waals surface area (Å²) in [5, 5.41) is 2.57. The second-order valence-electron chi connectivity index (χ2n) is 4.43. The number of hydrogen-bond acceptors (Lipinski definition) is 4. The van der Waals surface area contributed by atoms with Gasteiger partial charge >= 0.3 is 12.1 Å². The molecule has 0 heterocycles. The van der Waals surface area contributed by atoms with Crippen molar-refractivity contribution in [2.75, 3.05) is 13.2 Å². The Morgan fingerprint density at radius 3 is 2.32 bits per heavy atom. The molecule has 0 bridgehead atoms. The molecule has 0 radical (unpaired) electrons. The van der Waals surface area contributed by atoms with Crippen molar-refractivity contribution >= 4 is 12.1 Å². The van der Waals surface area contributed by atoms with Gasteiger partial charge in [0.1, 0.15) is 6.04 Å². The minimum Gasteiger partial charge on any atom is -0.464 e. The van der Waals surface area contributed by atoms with E-state index >= 15 is 0 Å². The SMILES string of the molecule is CCCCCCC(NC(=O)OCC)C(=O)OCCC. The number of unbranched alkanes of at least 4 members (excludes halogenated alkanes) is 3. The largest absolute Gasteiger partial charge is 0.464 e. The Balaban J connectivity index is 4.20. The number of carbonyl (C=O) groups is 2. The molecule has 0 aromatic heterocycles. The van der Waals surface area contributed by atoms with Crippen molar-refractivity contribution in [2.45, 2.75) is 65.3 Å². The third kappa shape index (κ3) is 9.33. The molecule has 5 heteroatoms. The predicted octanol–water partition coefficient (Wildman–Crippen LogP) is 3.02. The van der Waals surface area contributed by atoms with Crippen molar-refractivity contribution in [2.24, 2.45) is 0 Å². The first kappa shape index (κ1) is 17.7. The van der Waals surface area contributed by atoms with Gasteiger partial charge in [0.15, 0.2) is 0 Å². The van der Waals surface area contributed by atoms with Crippen LogP contribution in [0.3, 0.4) is 0 Å². The molecule has 1 amide bonds. The Morgan fingerprint density at radius 2 is 1.74 bits per heavy atom. The van der Waals surface area contributed by atoms with Gasteiger partial charge in [-0.25, -0.2) is 9.59 Å². The van der Waals surface area contributed by atoms with Crippen molar-refractivity contribution in [3.05, 3.63) is 0 Å². The highest BCUT2D eigenvalue weighted by molar-refractivity contribution is 5.81. The van der Waals surface area contributed by atoms with Crippen LogP contribution in [0.15, 0.2) is 0 Å². The van der Waals surface area contributed by atoms with E-state index in [1.165, 1.54) is 0 Å². The van der Waals surface area contributed by atoms with Gasteiger partial charge in [0.25, 0.3) is 0 Å². The lowest BCUT2D eigenvalue weighted by atomic mass is 10.1. The summed E-state index contributed by atoms with van der Waals surface area (Å²) in [5.41, 5.74) is 0. The van der Waals surface area contributed by atoms with E-state index in [0.717, 1.165) is 32.1 Å². The van der Waals surface area contributed by atoms with Gasteiger partial charge in [0.2, 0.25) is 0 Å². The summed E-state index contributed by atoms with van der Waals surface area (Å²) in [6, 6.07) is -0.595. The van der Waals surface area contributed by atoms with Gasteiger partial charge in [-0.05, 0) is 19.8 Å². The first-order chi connectivity index (χ1) is 9.15. The molecule has 19 heavy (non-hydrogen) atoms. The van der Waals surface area contributed by atoms with E-state index in [0.29, 0.717) is 19.6 Å². The lowest BCUT2D eigenvalue weighted by molar-refractivity contribution is -0.146. The van der Waals surface area contributed by atoms with Crippen LogP contribution in [0, 0.1) is 0 Å². The van der Waals surface area contributed by atoms with Gasteiger partial charge in [-0.1, -0.05) is 39.5 Å². The molecule has 0 aromatic rings. The first-order valence-electron chi connectivity index (χ1n) is 7.25.